The fourth-order valence-corrected chi connectivity index (χ4v) is 2.85. The maximum Gasteiger partial charge on any atom is 0.203 e. The van der Waals surface area contributed by atoms with E-state index in [1.807, 2.05) is 36.4 Å². The smallest absolute Gasteiger partial charge is 0.203 e. The second-order valence-corrected chi connectivity index (χ2v) is 5.75. The summed E-state index contributed by atoms with van der Waals surface area (Å²) in [4.78, 5) is 0. The lowest BCUT2D eigenvalue weighted by Gasteiger charge is -2.17. The standard InChI is InChI=1S/C17H19IO4/c1-19-15-9-14(18)13(16(20-2)17(15)21-3)11-22-10-12-7-5-4-6-8-12/h4-9H,10-11H2,1-3H3. The maximum absolute atomic E-state index is 5.82. The highest BCUT2D eigenvalue weighted by atomic mass is 127. The van der Waals surface area contributed by atoms with Crippen LogP contribution >= 0.6 is 22.6 Å². The number of rotatable bonds is 7. The molecule has 0 heterocycles. The molecule has 0 amide bonds. The molecular formula is C17H19IO4. The Balaban J connectivity index is 2.19. The Kier molecular flexibility index (Phi) is 6.33. The number of halogens is 1. The van der Waals surface area contributed by atoms with Crippen LogP contribution in [-0.2, 0) is 18.0 Å². The summed E-state index contributed by atoms with van der Waals surface area (Å²) in [5.41, 5.74) is 2.09. The van der Waals surface area contributed by atoms with E-state index >= 15 is 0 Å². The van der Waals surface area contributed by atoms with E-state index in [9.17, 15) is 0 Å². The van der Waals surface area contributed by atoms with Crippen LogP contribution in [0.1, 0.15) is 11.1 Å². The van der Waals surface area contributed by atoms with E-state index in [0.717, 1.165) is 14.7 Å². The van der Waals surface area contributed by atoms with Crippen molar-refractivity contribution in [3.63, 3.8) is 0 Å². The maximum atomic E-state index is 5.82. The molecule has 2 rings (SSSR count). The molecule has 118 valence electrons. The van der Waals surface area contributed by atoms with E-state index in [0.29, 0.717) is 30.5 Å². The van der Waals surface area contributed by atoms with Crippen molar-refractivity contribution in [3.05, 3.63) is 51.1 Å². The summed E-state index contributed by atoms with van der Waals surface area (Å²) in [6.07, 6.45) is 0. The molecule has 4 nitrogen and oxygen atoms in total. The summed E-state index contributed by atoms with van der Waals surface area (Å²) in [5, 5.41) is 0. The fraction of sp³-hybridized carbons (Fsp3) is 0.294. The zero-order valence-electron chi connectivity index (χ0n) is 12.9. The minimum absolute atomic E-state index is 0.441. The lowest BCUT2D eigenvalue weighted by molar-refractivity contribution is 0.104. The van der Waals surface area contributed by atoms with Crippen LogP contribution in [0.15, 0.2) is 36.4 Å². The van der Waals surface area contributed by atoms with E-state index in [4.69, 9.17) is 18.9 Å². The molecule has 0 unspecified atom stereocenters. The summed E-state index contributed by atoms with van der Waals surface area (Å²) in [6.45, 7) is 0.991. The van der Waals surface area contributed by atoms with Crippen molar-refractivity contribution in [2.45, 2.75) is 13.2 Å². The van der Waals surface area contributed by atoms with Crippen molar-refractivity contribution in [2.75, 3.05) is 21.3 Å². The Hall–Kier alpha value is -1.47. The first-order chi connectivity index (χ1) is 10.7. The topological polar surface area (TPSA) is 36.9 Å². The first-order valence-electron chi connectivity index (χ1n) is 6.80. The van der Waals surface area contributed by atoms with Gasteiger partial charge in [0.15, 0.2) is 11.5 Å². The first-order valence-corrected chi connectivity index (χ1v) is 7.88. The molecule has 2 aromatic rings. The summed E-state index contributed by atoms with van der Waals surface area (Å²) in [7, 11) is 4.83. The van der Waals surface area contributed by atoms with Crippen LogP contribution in [0, 0.1) is 3.57 Å². The van der Waals surface area contributed by atoms with Crippen LogP contribution in [0.25, 0.3) is 0 Å². The van der Waals surface area contributed by atoms with E-state index < -0.39 is 0 Å². The van der Waals surface area contributed by atoms with Crippen LogP contribution in [0.2, 0.25) is 0 Å². The molecule has 0 atom stereocenters. The molecule has 0 aromatic heterocycles. The molecule has 0 spiro atoms. The zero-order chi connectivity index (χ0) is 15.9. The van der Waals surface area contributed by atoms with Crippen LogP contribution < -0.4 is 14.2 Å². The normalized spacial score (nSPS) is 10.4. The second kappa shape index (κ2) is 8.24. The average molecular weight is 414 g/mol. The van der Waals surface area contributed by atoms with E-state index in [1.54, 1.807) is 21.3 Å². The van der Waals surface area contributed by atoms with Crippen molar-refractivity contribution in [1.82, 2.24) is 0 Å². The molecule has 0 saturated heterocycles. The van der Waals surface area contributed by atoms with Gasteiger partial charge < -0.3 is 18.9 Å². The van der Waals surface area contributed by atoms with Gasteiger partial charge in [-0.2, -0.15) is 0 Å². The third-order valence-electron chi connectivity index (χ3n) is 3.24. The van der Waals surface area contributed by atoms with Crippen molar-refractivity contribution >= 4 is 22.6 Å². The Morgan fingerprint density at radius 3 is 2.14 bits per heavy atom. The number of ether oxygens (including phenoxy) is 4. The summed E-state index contributed by atoms with van der Waals surface area (Å²) < 4.78 is 23.1. The number of benzene rings is 2. The first kappa shape index (κ1) is 16.9. The third-order valence-corrected chi connectivity index (χ3v) is 4.20. The number of hydrogen-bond donors (Lipinski definition) is 0. The Morgan fingerprint density at radius 2 is 1.55 bits per heavy atom. The molecule has 22 heavy (non-hydrogen) atoms. The Bertz CT molecular complexity index is 614. The van der Waals surface area contributed by atoms with Crippen LogP contribution in [-0.4, -0.2) is 21.3 Å². The average Bonchev–Trinajstić information content (AvgIpc) is 2.56. The molecular weight excluding hydrogens is 395 g/mol. The molecule has 0 aliphatic rings. The second-order valence-electron chi connectivity index (χ2n) is 4.58. The van der Waals surface area contributed by atoms with Gasteiger partial charge in [-0.1, -0.05) is 30.3 Å². The summed E-state index contributed by atoms with van der Waals surface area (Å²) in [5.74, 6) is 1.89. The van der Waals surface area contributed by atoms with Crippen LogP contribution in [0.3, 0.4) is 0 Å². The van der Waals surface area contributed by atoms with Gasteiger partial charge in [0.1, 0.15) is 0 Å². The summed E-state index contributed by atoms with van der Waals surface area (Å²) >= 11 is 2.25. The van der Waals surface area contributed by atoms with E-state index in [2.05, 4.69) is 22.6 Å². The Labute approximate surface area is 144 Å². The zero-order valence-corrected chi connectivity index (χ0v) is 15.0. The van der Waals surface area contributed by atoms with Crippen molar-refractivity contribution in [2.24, 2.45) is 0 Å². The lowest BCUT2D eigenvalue weighted by Crippen LogP contribution is -2.03. The third kappa shape index (κ3) is 3.84. The molecule has 0 fully saturated rings. The molecule has 5 heteroatoms. The lowest BCUT2D eigenvalue weighted by atomic mass is 10.1. The van der Waals surface area contributed by atoms with Gasteiger partial charge in [0.05, 0.1) is 34.5 Å². The highest BCUT2D eigenvalue weighted by Crippen LogP contribution is 2.42. The summed E-state index contributed by atoms with van der Waals surface area (Å²) in [6, 6.07) is 12.0. The molecule has 2 aromatic carbocycles. The van der Waals surface area contributed by atoms with E-state index in [-0.39, 0.29) is 0 Å². The largest absolute Gasteiger partial charge is 0.493 e. The van der Waals surface area contributed by atoms with Gasteiger partial charge in [-0.3, -0.25) is 0 Å². The van der Waals surface area contributed by atoms with Gasteiger partial charge in [-0.25, -0.2) is 0 Å². The predicted octanol–water partition coefficient (Wildman–Crippen LogP) is 4.03. The molecule has 0 aliphatic carbocycles. The molecule has 0 saturated carbocycles. The molecule has 0 aliphatic heterocycles. The Morgan fingerprint density at radius 1 is 0.864 bits per heavy atom. The van der Waals surface area contributed by atoms with Gasteiger partial charge >= 0.3 is 0 Å². The molecule has 0 N–H and O–H groups in total. The van der Waals surface area contributed by atoms with Crippen LogP contribution in [0.4, 0.5) is 0 Å². The van der Waals surface area contributed by atoms with Crippen LogP contribution in [0.5, 0.6) is 17.2 Å². The minimum atomic E-state index is 0.441. The number of methoxy groups -OCH3 is 3. The minimum Gasteiger partial charge on any atom is -0.493 e. The van der Waals surface area contributed by atoms with Crippen molar-refractivity contribution in [3.8, 4) is 17.2 Å². The van der Waals surface area contributed by atoms with Gasteiger partial charge in [-0.05, 0) is 34.2 Å². The monoisotopic (exact) mass is 414 g/mol. The quantitative estimate of drug-likeness (QED) is 0.642. The van der Waals surface area contributed by atoms with Gasteiger partial charge in [0.2, 0.25) is 5.75 Å². The van der Waals surface area contributed by atoms with E-state index in [1.165, 1.54) is 0 Å². The predicted molar refractivity (Wildman–Crippen MR) is 93.8 cm³/mol. The van der Waals surface area contributed by atoms with Crippen molar-refractivity contribution < 1.29 is 18.9 Å². The highest BCUT2D eigenvalue weighted by molar-refractivity contribution is 14.1. The molecule has 0 radical (unpaired) electrons. The van der Waals surface area contributed by atoms with Gasteiger partial charge in [-0.15, -0.1) is 0 Å². The van der Waals surface area contributed by atoms with Crippen molar-refractivity contribution in [1.29, 1.82) is 0 Å². The molecule has 0 bridgehead atoms. The fourth-order valence-electron chi connectivity index (χ4n) is 2.17. The number of hydrogen-bond acceptors (Lipinski definition) is 4. The SMILES string of the molecule is COc1cc(I)c(COCc2ccccc2)c(OC)c1OC. The van der Waals surface area contributed by atoms with Gasteiger partial charge in [0.25, 0.3) is 0 Å². The highest BCUT2D eigenvalue weighted by Gasteiger charge is 2.19. The van der Waals surface area contributed by atoms with Gasteiger partial charge in [0, 0.05) is 9.13 Å².